The lowest BCUT2D eigenvalue weighted by molar-refractivity contribution is 0.0691. The molecule has 0 spiro atoms. The third-order valence-electron chi connectivity index (χ3n) is 5.58. The van der Waals surface area contributed by atoms with Gasteiger partial charge in [0.1, 0.15) is 16.7 Å². The van der Waals surface area contributed by atoms with E-state index >= 15 is 0 Å². The fraction of sp³-hybridized carbons (Fsp3) is 0.200. The van der Waals surface area contributed by atoms with Crippen molar-refractivity contribution < 1.29 is 14.6 Å². The number of fused-ring (bicyclic) bond motifs is 1. The van der Waals surface area contributed by atoms with Crippen LogP contribution in [0.3, 0.4) is 0 Å². The topological polar surface area (TPSA) is 106 Å². The number of anilines is 1. The Kier molecular flexibility index (Phi) is 6.26. The van der Waals surface area contributed by atoms with Crippen LogP contribution in [0, 0.1) is 6.92 Å². The van der Waals surface area contributed by atoms with E-state index in [4.69, 9.17) is 21.3 Å². The molecule has 0 aliphatic rings. The fourth-order valence-corrected chi connectivity index (χ4v) is 4.08. The lowest BCUT2D eigenvalue weighted by atomic mass is 10.0. The maximum atomic E-state index is 13.3. The van der Waals surface area contributed by atoms with Gasteiger partial charge in [-0.05, 0) is 49.7 Å². The molecule has 4 rings (SSSR count). The van der Waals surface area contributed by atoms with Crippen molar-refractivity contribution >= 4 is 34.2 Å². The summed E-state index contributed by atoms with van der Waals surface area (Å²) in [5.41, 5.74) is 2.86. The molecule has 1 atom stereocenters. The van der Waals surface area contributed by atoms with Crippen molar-refractivity contribution in [1.82, 2.24) is 14.5 Å². The first kappa shape index (κ1) is 23.3. The molecule has 9 heteroatoms. The zero-order chi connectivity index (χ0) is 24.6. The van der Waals surface area contributed by atoms with Crippen molar-refractivity contribution in [2.45, 2.75) is 19.9 Å². The van der Waals surface area contributed by atoms with Gasteiger partial charge in [-0.3, -0.25) is 9.36 Å². The van der Waals surface area contributed by atoms with Crippen LogP contribution in [-0.4, -0.2) is 32.7 Å². The first-order valence-corrected chi connectivity index (χ1v) is 10.9. The number of aromatic carboxylic acids is 1. The molecule has 0 saturated heterocycles. The summed E-state index contributed by atoms with van der Waals surface area (Å²) in [6.45, 7) is 3.77. The molecule has 2 N–H and O–H groups in total. The molecule has 2 heterocycles. The van der Waals surface area contributed by atoms with Gasteiger partial charge < -0.3 is 15.2 Å². The van der Waals surface area contributed by atoms with Gasteiger partial charge in [-0.15, -0.1) is 0 Å². The van der Waals surface area contributed by atoms with Gasteiger partial charge in [0, 0.05) is 18.2 Å². The van der Waals surface area contributed by atoms with E-state index in [1.54, 1.807) is 20.2 Å². The van der Waals surface area contributed by atoms with Crippen molar-refractivity contribution in [3.05, 3.63) is 80.9 Å². The summed E-state index contributed by atoms with van der Waals surface area (Å²) in [7, 11) is 3.27. The number of methoxy groups -OCH3 is 1. The number of hydrogen-bond donors (Lipinski definition) is 2. The fourth-order valence-electron chi connectivity index (χ4n) is 3.93. The normalized spacial score (nSPS) is 11.9. The monoisotopic (exact) mass is 478 g/mol. The number of hydrogen-bond acceptors (Lipinski definition) is 6. The minimum absolute atomic E-state index is 0.0877. The van der Waals surface area contributed by atoms with Crippen LogP contribution in [0.2, 0.25) is 5.15 Å². The predicted molar refractivity (Wildman–Crippen MR) is 132 cm³/mol. The number of carboxylic acid groups (broad SMARTS) is 1. The first-order valence-electron chi connectivity index (χ1n) is 10.5. The van der Waals surface area contributed by atoms with E-state index < -0.39 is 5.97 Å². The highest BCUT2D eigenvalue weighted by molar-refractivity contribution is 6.29. The van der Waals surface area contributed by atoms with E-state index in [0.717, 1.165) is 16.7 Å². The Balaban J connectivity index is 1.89. The lowest BCUT2D eigenvalue weighted by Crippen LogP contribution is -2.22. The van der Waals surface area contributed by atoms with Crippen molar-refractivity contribution in [2.24, 2.45) is 7.05 Å². The number of aryl methyl sites for hydroxylation is 1. The van der Waals surface area contributed by atoms with Crippen LogP contribution < -0.4 is 15.6 Å². The summed E-state index contributed by atoms with van der Waals surface area (Å²) in [6.07, 6.45) is 0. The second kappa shape index (κ2) is 9.15. The molecule has 0 unspecified atom stereocenters. The summed E-state index contributed by atoms with van der Waals surface area (Å²) in [5, 5.41) is 13.3. The van der Waals surface area contributed by atoms with Gasteiger partial charge in [-0.1, -0.05) is 29.8 Å². The van der Waals surface area contributed by atoms with Gasteiger partial charge in [-0.2, -0.15) is 0 Å². The number of pyridine rings is 1. The zero-order valence-electron chi connectivity index (χ0n) is 19.1. The summed E-state index contributed by atoms with van der Waals surface area (Å²) in [5.74, 6) is -0.0471. The lowest BCUT2D eigenvalue weighted by Gasteiger charge is -2.20. The molecule has 8 nitrogen and oxygen atoms in total. The molecule has 174 valence electrons. The standard InChI is InChI=1S/C25H23ClN4O4/c1-13-10-17(14(2)27-19-8-9-20(26)28-22(19)25(32)33)21-18(11-13)24(31)30(3)23(29-21)15-6-5-7-16(12-15)34-4/h5-12,14,27H,1-4H3,(H,32,33)/t14-/m1/s1. The van der Waals surface area contributed by atoms with E-state index in [9.17, 15) is 14.7 Å². The molecule has 2 aromatic heterocycles. The van der Waals surface area contributed by atoms with E-state index in [2.05, 4.69) is 10.3 Å². The molecule has 0 fully saturated rings. The third kappa shape index (κ3) is 4.32. The molecular weight excluding hydrogens is 456 g/mol. The second-order valence-corrected chi connectivity index (χ2v) is 8.37. The minimum atomic E-state index is -1.20. The smallest absolute Gasteiger partial charge is 0.356 e. The molecule has 0 aliphatic heterocycles. The largest absolute Gasteiger partial charge is 0.497 e. The molecule has 0 saturated carbocycles. The first-order chi connectivity index (χ1) is 16.2. The highest BCUT2D eigenvalue weighted by atomic mass is 35.5. The Bertz CT molecular complexity index is 1480. The van der Waals surface area contributed by atoms with Crippen LogP contribution in [0.15, 0.2) is 53.3 Å². The Morgan fingerprint density at radius 1 is 1.18 bits per heavy atom. The number of nitrogens with zero attached hydrogens (tertiary/aromatic N) is 3. The van der Waals surface area contributed by atoms with Crippen LogP contribution in [0.1, 0.15) is 34.6 Å². The maximum Gasteiger partial charge on any atom is 0.356 e. The number of benzene rings is 2. The van der Waals surface area contributed by atoms with Gasteiger partial charge >= 0.3 is 5.97 Å². The Morgan fingerprint density at radius 2 is 1.94 bits per heavy atom. The second-order valence-electron chi connectivity index (χ2n) is 7.98. The Morgan fingerprint density at radius 3 is 2.65 bits per heavy atom. The van der Waals surface area contributed by atoms with E-state index in [1.807, 2.05) is 50.2 Å². The average Bonchev–Trinajstić information content (AvgIpc) is 2.82. The summed E-state index contributed by atoms with van der Waals surface area (Å²) in [6, 6.07) is 13.8. The third-order valence-corrected chi connectivity index (χ3v) is 5.79. The Hall–Kier alpha value is -3.91. The number of carbonyl (C=O) groups is 1. The van der Waals surface area contributed by atoms with Crippen LogP contribution in [-0.2, 0) is 7.05 Å². The van der Waals surface area contributed by atoms with Crippen LogP contribution in [0.5, 0.6) is 5.75 Å². The number of rotatable bonds is 6. The van der Waals surface area contributed by atoms with E-state index in [-0.39, 0.29) is 22.4 Å². The van der Waals surface area contributed by atoms with Crippen LogP contribution in [0.4, 0.5) is 5.69 Å². The van der Waals surface area contributed by atoms with Crippen molar-refractivity contribution in [3.63, 3.8) is 0 Å². The molecule has 4 aromatic rings. The average molecular weight is 479 g/mol. The predicted octanol–water partition coefficient (Wildman–Crippen LogP) is 4.84. The molecule has 0 aliphatic carbocycles. The Labute approximate surface area is 200 Å². The molecule has 0 radical (unpaired) electrons. The number of aromatic nitrogens is 3. The van der Waals surface area contributed by atoms with Crippen molar-refractivity contribution in [3.8, 4) is 17.1 Å². The number of halogens is 1. The molecule has 0 bridgehead atoms. The van der Waals surface area contributed by atoms with E-state index in [0.29, 0.717) is 28.2 Å². The van der Waals surface area contributed by atoms with Gasteiger partial charge in [0.25, 0.3) is 5.56 Å². The highest BCUT2D eigenvalue weighted by Gasteiger charge is 2.20. The molecule has 0 amide bonds. The van der Waals surface area contributed by atoms with Crippen LogP contribution >= 0.6 is 11.6 Å². The van der Waals surface area contributed by atoms with Gasteiger partial charge in [0.15, 0.2) is 5.69 Å². The minimum Gasteiger partial charge on any atom is -0.497 e. The number of carboxylic acids is 1. The van der Waals surface area contributed by atoms with E-state index in [1.165, 1.54) is 10.6 Å². The van der Waals surface area contributed by atoms with Gasteiger partial charge in [-0.25, -0.2) is 14.8 Å². The van der Waals surface area contributed by atoms with Gasteiger partial charge in [0.05, 0.1) is 29.7 Å². The SMILES string of the molecule is COc1cccc(-c2nc3c([C@@H](C)Nc4ccc(Cl)nc4C(=O)O)cc(C)cc3c(=O)n2C)c1. The van der Waals surface area contributed by atoms with Crippen molar-refractivity contribution in [1.29, 1.82) is 0 Å². The summed E-state index contributed by atoms with van der Waals surface area (Å²) < 4.78 is 6.85. The maximum absolute atomic E-state index is 13.3. The van der Waals surface area contributed by atoms with Gasteiger partial charge in [0.2, 0.25) is 0 Å². The quantitative estimate of drug-likeness (QED) is 0.382. The van der Waals surface area contributed by atoms with Crippen molar-refractivity contribution in [2.75, 3.05) is 12.4 Å². The highest BCUT2D eigenvalue weighted by Crippen LogP contribution is 2.30. The number of ether oxygens (including phenoxy) is 1. The molecular formula is C25H23ClN4O4. The van der Waals surface area contributed by atoms with Crippen LogP contribution in [0.25, 0.3) is 22.3 Å². The zero-order valence-corrected chi connectivity index (χ0v) is 19.8. The molecule has 34 heavy (non-hydrogen) atoms. The number of nitrogens with one attached hydrogen (secondary N) is 1. The summed E-state index contributed by atoms with van der Waals surface area (Å²) >= 11 is 5.88. The molecule has 2 aromatic carbocycles. The summed E-state index contributed by atoms with van der Waals surface area (Å²) in [4.78, 5) is 33.8.